The normalized spacial score (nSPS) is 11.2. The molecular formula is C17H32OSi. The lowest BCUT2D eigenvalue weighted by Gasteiger charge is -2.19. The molecule has 0 unspecified atom stereocenters. The number of hydrogen-bond acceptors (Lipinski definition) is 1. The molecule has 0 aliphatic rings. The lowest BCUT2D eigenvalue weighted by molar-refractivity contribution is 0.303. The van der Waals surface area contributed by atoms with Crippen molar-refractivity contribution in [1.29, 1.82) is 0 Å². The van der Waals surface area contributed by atoms with Gasteiger partial charge in [0.15, 0.2) is 0 Å². The Hall–Kier alpha value is -0.263. The molecule has 0 saturated heterocycles. The summed E-state index contributed by atoms with van der Waals surface area (Å²) >= 11 is 0. The van der Waals surface area contributed by atoms with Gasteiger partial charge in [-0.3, -0.25) is 0 Å². The van der Waals surface area contributed by atoms with Crippen LogP contribution in [0.3, 0.4) is 0 Å². The first-order chi connectivity index (χ1) is 9.12. The minimum atomic E-state index is 0.375. The van der Waals surface area contributed by atoms with Crippen molar-refractivity contribution >= 4 is 9.76 Å². The zero-order valence-electron chi connectivity index (χ0n) is 13.5. The fraction of sp³-hybridized carbons (Fsp3) is 0.882. The molecule has 110 valence electrons. The molecule has 19 heavy (non-hydrogen) atoms. The highest BCUT2D eigenvalue weighted by Crippen LogP contribution is 2.26. The summed E-state index contributed by atoms with van der Waals surface area (Å²) in [5, 5.41) is 0.375. The Bertz CT molecular complexity index is 250. The van der Waals surface area contributed by atoms with E-state index in [1.165, 1.54) is 44.9 Å². The van der Waals surface area contributed by atoms with Crippen LogP contribution in [0.2, 0.25) is 5.04 Å². The first-order valence-corrected chi connectivity index (χ1v) is 8.88. The number of rotatable bonds is 11. The molecule has 1 nitrogen and oxygen atoms in total. The standard InChI is InChI=1S/C17H32OSi/c1-5-7-8-9-10-11-12-13-14-15-16-18-19-17(3,4)6-2/h5-6,9-16H2,1-4H3. The van der Waals surface area contributed by atoms with Gasteiger partial charge in [0.25, 0.3) is 0 Å². The Morgan fingerprint density at radius 1 is 0.895 bits per heavy atom. The van der Waals surface area contributed by atoms with Crippen molar-refractivity contribution in [3.05, 3.63) is 0 Å². The van der Waals surface area contributed by atoms with E-state index < -0.39 is 0 Å². The zero-order chi connectivity index (χ0) is 14.4. The molecule has 2 radical (unpaired) electrons. The molecule has 0 N–H and O–H groups in total. The molecule has 0 heterocycles. The topological polar surface area (TPSA) is 9.23 Å². The van der Waals surface area contributed by atoms with Crippen LogP contribution in [-0.2, 0) is 4.43 Å². The quantitative estimate of drug-likeness (QED) is 0.281. The fourth-order valence-electron chi connectivity index (χ4n) is 1.63. The maximum absolute atomic E-state index is 5.77. The Morgan fingerprint density at radius 3 is 2.16 bits per heavy atom. The van der Waals surface area contributed by atoms with Gasteiger partial charge in [-0.25, -0.2) is 0 Å². The van der Waals surface area contributed by atoms with Crippen molar-refractivity contribution in [3.8, 4) is 11.8 Å². The van der Waals surface area contributed by atoms with Crippen LogP contribution in [0, 0.1) is 11.8 Å². The summed E-state index contributed by atoms with van der Waals surface area (Å²) in [7, 11) is 0.656. The van der Waals surface area contributed by atoms with E-state index in [2.05, 4.69) is 39.5 Å². The summed E-state index contributed by atoms with van der Waals surface area (Å²) in [5.74, 6) is 6.33. The lowest BCUT2D eigenvalue weighted by atomic mass is 10.1. The molecule has 0 spiro atoms. The highest BCUT2D eigenvalue weighted by atomic mass is 28.2. The largest absolute Gasteiger partial charge is 0.417 e. The van der Waals surface area contributed by atoms with Crippen molar-refractivity contribution in [2.45, 2.75) is 90.5 Å². The maximum atomic E-state index is 5.77. The summed E-state index contributed by atoms with van der Waals surface area (Å²) in [5.41, 5.74) is 0. The third-order valence-electron chi connectivity index (χ3n) is 3.33. The average Bonchev–Trinajstić information content (AvgIpc) is 2.40. The predicted molar refractivity (Wildman–Crippen MR) is 86.4 cm³/mol. The van der Waals surface area contributed by atoms with Gasteiger partial charge in [0, 0.05) is 19.4 Å². The summed E-state index contributed by atoms with van der Waals surface area (Å²) in [6, 6.07) is 0. The Balaban J connectivity index is 3.15. The molecule has 0 fully saturated rings. The van der Waals surface area contributed by atoms with Crippen LogP contribution in [0.25, 0.3) is 0 Å². The molecule has 0 bridgehead atoms. The van der Waals surface area contributed by atoms with E-state index in [0.717, 1.165) is 19.4 Å². The smallest absolute Gasteiger partial charge is 0.235 e. The highest BCUT2D eigenvalue weighted by molar-refractivity contribution is 6.31. The summed E-state index contributed by atoms with van der Waals surface area (Å²) < 4.78 is 5.77. The van der Waals surface area contributed by atoms with Crippen molar-refractivity contribution in [3.63, 3.8) is 0 Å². The van der Waals surface area contributed by atoms with E-state index in [-0.39, 0.29) is 0 Å². The molecule has 2 heteroatoms. The average molecular weight is 281 g/mol. The molecule has 0 aromatic rings. The molecular weight excluding hydrogens is 248 g/mol. The van der Waals surface area contributed by atoms with Crippen molar-refractivity contribution < 1.29 is 4.43 Å². The molecule has 0 rings (SSSR count). The molecule has 0 aliphatic carbocycles. The van der Waals surface area contributed by atoms with Crippen LogP contribution in [0.1, 0.15) is 85.5 Å². The van der Waals surface area contributed by atoms with Gasteiger partial charge >= 0.3 is 0 Å². The summed E-state index contributed by atoms with van der Waals surface area (Å²) in [6.45, 7) is 9.86. The van der Waals surface area contributed by atoms with Gasteiger partial charge in [0.05, 0.1) is 0 Å². The molecule has 0 amide bonds. The van der Waals surface area contributed by atoms with E-state index in [0.29, 0.717) is 14.8 Å². The van der Waals surface area contributed by atoms with E-state index in [1.807, 2.05) is 0 Å². The van der Waals surface area contributed by atoms with Crippen LogP contribution in [0.5, 0.6) is 0 Å². The highest BCUT2D eigenvalue weighted by Gasteiger charge is 2.17. The number of unbranched alkanes of at least 4 members (excludes halogenated alkanes) is 6. The predicted octanol–water partition coefficient (Wildman–Crippen LogP) is 5.37. The molecule has 0 atom stereocenters. The van der Waals surface area contributed by atoms with E-state index in [9.17, 15) is 0 Å². The summed E-state index contributed by atoms with van der Waals surface area (Å²) in [4.78, 5) is 0. The lowest BCUT2D eigenvalue weighted by Crippen LogP contribution is -2.15. The minimum Gasteiger partial charge on any atom is -0.417 e. The molecule has 0 aliphatic heterocycles. The Morgan fingerprint density at radius 2 is 1.53 bits per heavy atom. The van der Waals surface area contributed by atoms with Crippen LogP contribution < -0.4 is 0 Å². The molecule has 0 aromatic heterocycles. The van der Waals surface area contributed by atoms with Gasteiger partial charge in [-0.1, -0.05) is 59.8 Å². The van der Waals surface area contributed by atoms with Crippen molar-refractivity contribution in [2.75, 3.05) is 6.61 Å². The van der Waals surface area contributed by atoms with Crippen LogP contribution in [-0.4, -0.2) is 16.4 Å². The second kappa shape index (κ2) is 12.8. The van der Waals surface area contributed by atoms with Gasteiger partial charge in [-0.05, 0) is 17.9 Å². The Labute approximate surface area is 123 Å². The zero-order valence-corrected chi connectivity index (χ0v) is 14.5. The molecule has 0 aromatic carbocycles. The van der Waals surface area contributed by atoms with Crippen LogP contribution in [0.15, 0.2) is 0 Å². The van der Waals surface area contributed by atoms with Gasteiger partial charge in [-0.2, -0.15) is 0 Å². The third-order valence-corrected chi connectivity index (χ3v) is 4.59. The second-order valence-corrected chi connectivity index (χ2v) is 7.61. The number of hydrogen-bond donors (Lipinski definition) is 0. The maximum Gasteiger partial charge on any atom is 0.235 e. The van der Waals surface area contributed by atoms with E-state index >= 15 is 0 Å². The first kappa shape index (κ1) is 18.7. The minimum absolute atomic E-state index is 0.375. The van der Waals surface area contributed by atoms with Gasteiger partial charge in [0.1, 0.15) is 0 Å². The third kappa shape index (κ3) is 14.0. The van der Waals surface area contributed by atoms with Crippen molar-refractivity contribution in [2.24, 2.45) is 0 Å². The van der Waals surface area contributed by atoms with Gasteiger partial charge < -0.3 is 4.43 Å². The first-order valence-electron chi connectivity index (χ1n) is 7.97. The second-order valence-electron chi connectivity index (χ2n) is 5.77. The summed E-state index contributed by atoms with van der Waals surface area (Å²) in [6.07, 6.45) is 11.1. The van der Waals surface area contributed by atoms with E-state index in [1.54, 1.807) is 0 Å². The fourth-order valence-corrected chi connectivity index (χ4v) is 2.41. The van der Waals surface area contributed by atoms with Crippen LogP contribution in [0.4, 0.5) is 0 Å². The Kier molecular flexibility index (Phi) is 12.6. The molecule has 0 saturated carbocycles. The van der Waals surface area contributed by atoms with Gasteiger partial charge in [-0.15, -0.1) is 11.8 Å². The SMILES string of the molecule is CCC#CCCCCCCCCO[Si]C(C)(C)CC. The van der Waals surface area contributed by atoms with Crippen molar-refractivity contribution in [1.82, 2.24) is 0 Å². The monoisotopic (exact) mass is 280 g/mol. The van der Waals surface area contributed by atoms with Crippen LogP contribution >= 0.6 is 0 Å². The van der Waals surface area contributed by atoms with E-state index in [4.69, 9.17) is 4.43 Å². The van der Waals surface area contributed by atoms with Gasteiger partial charge in [0.2, 0.25) is 9.76 Å².